The second kappa shape index (κ2) is 7.23. The molecule has 2 atom stereocenters. The van der Waals surface area contributed by atoms with Crippen molar-refractivity contribution in [3.8, 4) is 0 Å². The van der Waals surface area contributed by atoms with Crippen LogP contribution in [0.1, 0.15) is 30.9 Å². The number of rotatable bonds is 4. The van der Waals surface area contributed by atoms with Gasteiger partial charge in [0.1, 0.15) is 0 Å². The lowest BCUT2D eigenvalue weighted by atomic mass is 9.94. The first-order valence-corrected chi connectivity index (χ1v) is 7.86. The number of nitrogens with zero attached hydrogens (tertiary/aromatic N) is 1. The Morgan fingerprint density at radius 3 is 2.46 bits per heavy atom. The lowest BCUT2D eigenvalue weighted by Gasteiger charge is -2.32. The molecule has 1 N–H and O–H groups in total. The minimum Gasteiger partial charge on any atom is -0.481 e. The van der Waals surface area contributed by atoms with Crippen LogP contribution in [0.5, 0.6) is 0 Å². The highest BCUT2D eigenvalue weighted by Gasteiger charge is 2.31. The average Bonchev–Trinajstić information content (AvgIpc) is 2.53. The second-order valence-electron chi connectivity index (χ2n) is 6.26. The first-order chi connectivity index (χ1) is 11.2. The number of carboxylic acid groups (broad SMARTS) is 1. The predicted octanol–water partition coefficient (Wildman–Crippen LogP) is 3.21. The van der Waals surface area contributed by atoms with Gasteiger partial charge in [-0.25, -0.2) is 0 Å². The monoisotopic (exact) mass is 343 g/mol. The van der Waals surface area contributed by atoms with Gasteiger partial charge in [0.05, 0.1) is 11.5 Å². The number of alkyl halides is 3. The van der Waals surface area contributed by atoms with E-state index in [9.17, 15) is 22.8 Å². The van der Waals surface area contributed by atoms with Crippen molar-refractivity contribution in [2.75, 3.05) is 13.1 Å². The summed E-state index contributed by atoms with van der Waals surface area (Å²) in [4.78, 5) is 25.1. The van der Waals surface area contributed by atoms with Gasteiger partial charge in [-0.05, 0) is 37.0 Å². The molecule has 1 aromatic carbocycles. The van der Waals surface area contributed by atoms with Crippen LogP contribution < -0.4 is 0 Å². The van der Waals surface area contributed by atoms with E-state index in [-0.39, 0.29) is 12.5 Å². The molecular formula is C17H20F3NO3. The Morgan fingerprint density at radius 1 is 1.29 bits per heavy atom. The van der Waals surface area contributed by atoms with Crippen molar-refractivity contribution in [2.45, 2.75) is 32.4 Å². The molecule has 7 heteroatoms. The molecule has 0 aromatic heterocycles. The molecule has 0 spiro atoms. The fourth-order valence-electron chi connectivity index (χ4n) is 2.96. The van der Waals surface area contributed by atoms with E-state index in [1.54, 1.807) is 11.8 Å². The van der Waals surface area contributed by atoms with Gasteiger partial charge in [0.15, 0.2) is 0 Å². The van der Waals surface area contributed by atoms with Crippen LogP contribution >= 0.6 is 0 Å². The van der Waals surface area contributed by atoms with Gasteiger partial charge in [-0.15, -0.1) is 0 Å². The molecule has 1 amide bonds. The molecule has 1 aliphatic heterocycles. The molecule has 0 radical (unpaired) electrons. The molecule has 1 saturated heterocycles. The maximum atomic E-state index is 12.5. The molecule has 132 valence electrons. The lowest BCUT2D eigenvalue weighted by molar-refractivity contribution is -0.146. The van der Waals surface area contributed by atoms with E-state index in [1.807, 2.05) is 0 Å². The summed E-state index contributed by atoms with van der Waals surface area (Å²) >= 11 is 0. The van der Waals surface area contributed by atoms with Crippen LogP contribution in [0, 0.1) is 11.8 Å². The Morgan fingerprint density at radius 2 is 1.92 bits per heavy atom. The number of likely N-dealkylation sites (tertiary alicyclic amines) is 1. The molecule has 1 unspecified atom stereocenters. The van der Waals surface area contributed by atoms with E-state index in [0.29, 0.717) is 31.4 Å². The summed E-state index contributed by atoms with van der Waals surface area (Å²) in [6, 6.07) is 4.77. The van der Waals surface area contributed by atoms with Crippen LogP contribution in [0.25, 0.3) is 0 Å². The van der Waals surface area contributed by atoms with Gasteiger partial charge in [0, 0.05) is 19.0 Å². The number of aliphatic carboxylic acids is 1. The van der Waals surface area contributed by atoms with Crippen LogP contribution in [0.2, 0.25) is 0 Å². The summed E-state index contributed by atoms with van der Waals surface area (Å²) in [5.74, 6) is -2.00. The number of piperidine rings is 1. The van der Waals surface area contributed by atoms with E-state index < -0.39 is 29.5 Å². The highest BCUT2D eigenvalue weighted by atomic mass is 19.4. The maximum Gasteiger partial charge on any atom is 0.416 e. The number of hydrogen-bond acceptors (Lipinski definition) is 2. The van der Waals surface area contributed by atoms with E-state index in [2.05, 4.69) is 0 Å². The van der Waals surface area contributed by atoms with E-state index >= 15 is 0 Å². The second-order valence-corrected chi connectivity index (χ2v) is 6.26. The van der Waals surface area contributed by atoms with Crippen molar-refractivity contribution in [2.24, 2.45) is 11.8 Å². The normalized spacial score (nSPS) is 19.8. The highest BCUT2D eigenvalue weighted by Crippen LogP contribution is 2.29. The molecule has 0 saturated carbocycles. The quantitative estimate of drug-likeness (QED) is 0.913. The molecule has 1 fully saturated rings. The number of amides is 1. The molecule has 0 bridgehead atoms. The predicted molar refractivity (Wildman–Crippen MR) is 81.3 cm³/mol. The topological polar surface area (TPSA) is 57.6 Å². The summed E-state index contributed by atoms with van der Waals surface area (Å²) in [5.41, 5.74) is -0.0683. The smallest absolute Gasteiger partial charge is 0.416 e. The average molecular weight is 343 g/mol. The SMILES string of the molecule is CC(Cc1ccc(C(F)(F)F)cc1)C(=O)N1CCC[C@H](C(=O)O)C1. The third-order valence-corrected chi connectivity index (χ3v) is 4.33. The molecule has 4 nitrogen and oxygen atoms in total. The zero-order valence-electron chi connectivity index (χ0n) is 13.3. The number of carboxylic acids is 1. The molecule has 0 aliphatic carbocycles. The zero-order chi connectivity index (χ0) is 17.9. The van der Waals surface area contributed by atoms with Crippen LogP contribution in [-0.2, 0) is 22.2 Å². The number of hydrogen-bond donors (Lipinski definition) is 1. The first kappa shape index (κ1) is 18.3. The Bertz CT molecular complexity index is 598. The Kier molecular flexibility index (Phi) is 5.51. The summed E-state index contributed by atoms with van der Waals surface area (Å²) in [7, 11) is 0. The van der Waals surface area contributed by atoms with Crippen molar-refractivity contribution < 1.29 is 27.9 Å². The summed E-state index contributed by atoms with van der Waals surface area (Å²) in [5, 5.41) is 9.07. The summed E-state index contributed by atoms with van der Waals surface area (Å²) in [6.07, 6.45) is -2.84. The third kappa shape index (κ3) is 4.49. The molecule has 1 aliphatic rings. The molecule has 2 rings (SSSR count). The fourth-order valence-corrected chi connectivity index (χ4v) is 2.96. The first-order valence-electron chi connectivity index (χ1n) is 7.86. The molecule has 1 aromatic rings. The molecular weight excluding hydrogens is 323 g/mol. The highest BCUT2D eigenvalue weighted by molar-refractivity contribution is 5.80. The minimum atomic E-state index is -4.38. The Labute approximate surface area is 138 Å². The van der Waals surface area contributed by atoms with Crippen molar-refractivity contribution in [3.05, 3.63) is 35.4 Å². The maximum absolute atomic E-state index is 12.5. The third-order valence-electron chi connectivity index (χ3n) is 4.33. The van der Waals surface area contributed by atoms with E-state index in [4.69, 9.17) is 5.11 Å². The number of carbonyl (C=O) groups is 2. The standard InChI is InChI=1S/C17H20F3NO3/c1-11(9-12-4-6-14(7-5-12)17(18,19)20)15(22)21-8-2-3-13(10-21)16(23)24/h4-7,11,13H,2-3,8-10H2,1H3,(H,23,24)/t11?,13-/m0/s1. The van der Waals surface area contributed by atoms with Crippen molar-refractivity contribution in [3.63, 3.8) is 0 Å². The molecule has 24 heavy (non-hydrogen) atoms. The zero-order valence-corrected chi connectivity index (χ0v) is 13.3. The minimum absolute atomic E-state index is 0.152. The summed E-state index contributed by atoms with van der Waals surface area (Å²) in [6.45, 7) is 2.44. The van der Waals surface area contributed by atoms with E-state index in [0.717, 1.165) is 12.1 Å². The van der Waals surface area contributed by atoms with Crippen LogP contribution in [-0.4, -0.2) is 35.0 Å². The molecule has 1 heterocycles. The summed E-state index contributed by atoms with van der Waals surface area (Å²) < 4.78 is 37.6. The van der Waals surface area contributed by atoms with Crippen molar-refractivity contribution in [1.82, 2.24) is 4.90 Å². The number of benzene rings is 1. The van der Waals surface area contributed by atoms with Gasteiger partial charge < -0.3 is 10.0 Å². The largest absolute Gasteiger partial charge is 0.481 e. The van der Waals surface area contributed by atoms with Crippen LogP contribution in [0.3, 0.4) is 0 Å². The van der Waals surface area contributed by atoms with Crippen molar-refractivity contribution in [1.29, 1.82) is 0 Å². The van der Waals surface area contributed by atoms with Gasteiger partial charge in [0.25, 0.3) is 0 Å². The number of halogens is 3. The Balaban J connectivity index is 1.97. The van der Waals surface area contributed by atoms with Gasteiger partial charge in [0.2, 0.25) is 5.91 Å². The fraction of sp³-hybridized carbons (Fsp3) is 0.529. The van der Waals surface area contributed by atoms with Gasteiger partial charge in [-0.3, -0.25) is 9.59 Å². The lowest BCUT2D eigenvalue weighted by Crippen LogP contribution is -2.44. The van der Waals surface area contributed by atoms with Gasteiger partial charge in [-0.2, -0.15) is 13.2 Å². The van der Waals surface area contributed by atoms with Gasteiger partial charge in [-0.1, -0.05) is 19.1 Å². The van der Waals surface area contributed by atoms with E-state index in [1.165, 1.54) is 12.1 Å². The van der Waals surface area contributed by atoms with Crippen LogP contribution in [0.4, 0.5) is 13.2 Å². The number of carbonyl (C=O) groups excluding carboxylic acids is 1. The van der Waals surface area contributed by atoms with Crippen LogP contribution in [0.15, 0.2) is 24.3 Å². The Hall–Kier alpha value is -2.05. The van der Waals surface area contributed by atoms with Crippen molar-refractivity contribution >= 4 is 11.9 Å². The van der Waals surface area contributed by atoms with Gasteiger partial charge >= 0.3 is 12.1 Å².